The van der Waals surface area contributed by atoms with E-state index in [1.54, 1.807) is 6.07 Å². The molecule has 0 unspecified atom stereocenters. The van der Waals surface area contributed by atoms with Gasteiger partial charge < -0.3 is 5.11 Å². The lowest BCUT2D eigenvalue weighted by Gasteiger charge is -2.11. The third-order valence-electron chi connectivity index (χ3n) is 3.82. The van der Waals surface area contributed by atoms with E-state index in [-0.39, 0.29) is 0 Å². The molecule has 0 bridgehead atoms. The number of phenols is 1. The Morgan fingerprint density at radius 1 is 0.789 bits per heavy atom. The van der Waals surface area contributed by atoms with Crippen LogP contribution in [-0.4, -0.2) is 5.11 Å². The Bertz CT molecular complexity index is 597. The second-order valence-corrected chi connectivity index (χ2v) is 5.50. The van der Waals surface area contributed by atoms with Crippen LogP contribution in [0.5, 0.6) is 5.75 Å². The average molecular weight is 254 g/mol. The molecule has 0 aliphatic heterocycles. The number of aromatic hydroxyl groups is 1. The Hall–Kier alpha value is -1.76. The molecule has 19 heavy (non-hydrogen) atoms. The molecule has 0 aliphatic rings. The number of phenolic OH excluding ortho intramolecular Hbond substituents is 1. The summed E-state index contributed by atoms with van der Waals surface area (Å²) in [7, 11) is 0. The van der Waals surface area contributed by atoms with Crippen LogP contribution in [0.25, 0.3) is 0 Å². The summed E-state index contributed by atoms with van der Waals surface area (Å²) in [6.07, 6.45) is 1.86. The summed E-state index contributed by atoms with van der Waals surface area (Å²) < 4.78 is 0. The van der Waals surface area contributed by atoms with Crippen LogP contribution in [0.4, 0.5) is 0 Å². The van der Waals surface area contributed by atoms with Crippen molar-refractivity contribution in [1.29, 1.82) is 0 Å². The minimum atomic E-state index is 0.410. The lowest BCUT2D eigenvalue weighted by molar-refractivity contribution is 0.467. The van der Waals surface area contributed by atoms with Gasteiger partial charge in [-0.25, -0.2) is 0 Å². The highest BCUT2D eigenvalue weighted by molar-refractivity contribution is 5.40. The number of hydrogen-bond donors (Lipinski definition) is 1. The maximum atomic E-state index is 9.89. The average Bonchev–Trinajstić information content (AvgIpc) is 2.35. The van der Waals surface area contributed by atoms with E-state index in [1.165, 1.54) is 27.8 Å². The van der Waals surface area contributed by atoms with E-state index in [1.807, 2.05) is 6.07 Å². The first-order valence-electron chi connectivity index (χ1n) is 6.82. The van der Waals surface area contributed by atoms with Crippen LogP contribution in [0.1, 0.15) is 33.4 Å². The Balaban J connectivity index is 2.21. The fourth-order valence-corrected chi connectivity index (χ4v) is 2.57. The SMILES string of the molecule is Cc1ccc(O)c(CCc2cc(C)cc(C)c2C)c1. The van der Waals surface area contributed by atoms with Gasteiger partial charge in [-0.05, 0) is 68.9 Å². The second-order valence-electron chi connectivity index (χ2n) is 5.50. The van der Waals surface area contributed by atoms with Crippen LogP contribution in [0.2, 0.25) is 0 Å². The molecular weight excluding hydrogens is 232 g/mol. The van der Waals surface area contributed by atoms with Crippen LogP contribution in [-0.2, 0) is 12.8 Å². The fraction of sp³-hybridized carbons (Fsp3) is 0.333. The molecule has 0 heterocycles. The number of hydrogen-bond acceptors (Lipinski definition) is 1. The van der Waals surface area contributed by atoms with Gasteiger partial charge >= 0.3 is 0 Å². The largest absolute Gasteiger partial charge is 0.508 e. The first-order chi connectivity index (χ1) is 8.97. The summed E-state index contributed by atoms with van der Waals surface area (Å²) in [5.74, 6) is 0.410. The molecule has 0 saturated carbocycles. The Morgan fingerprint density at radius 2 is 1.42 bits per heavy atom. The van der Waals surface area contributed by atoms with Gasteiger partial charge in [0.2, 0.25) is 0 Å². The third-order valence-corrected chi connectivity index (χ3v) is 3.82. The first kappa shape index (κ1) is 13.7. The van der Waals surface area contributed by atoms with Gasteiger partial charge in [0.05, 0.1) is 0 Å². The highest BCUT2D eigenvalue weighted by Crippen LogP contribution is 2.22. The normalized spacial score (nSPS) is 10.7. The molecule has 0 saturated heterocycles. The molecule has 0 spiro atoms. The number of benzene rings is 2. The maximum absolute atomic E-state index is 9.89. The van der Waals surface area contributed by atoms with Crippen molar-refractivity contribution < 1.29 is 5.11 Å². The van der Waals surface area contributed by atoms with E-state index in [2.05, 4.69) is 45.9 Å². The van der Waals surface area contributed by atoms with Gasteiger partial charge in [0, 0.05) is 0 Å². The molecule has 2 rings (SSSR count). The minimum Gasteiger partial charge on any atom is -0.508 e. The van der Waals surface area contributed by atoms with Crippen molar-refractivity contribution in [2.24, 2.45) is 0 Å². The standard InChI is InChI=1S/C18H22O/c1-12-5-8-18(19)17(10-12)7-6-16-11-13(2)9-14(3)15(16)4/h5,8-11,19H,6-7H2,1-4H3. The predicted octanol–water partition coefficient (Wildman–Crippen LogP) is 4.41. The highest BCUT2D eigenvalue weighted by atomic mass is 16.3. The van der Waals surface area contributed by atoms with Gasteiger partial charge in [-0.2, -0.15) is 0 Å². The monoisotopic (exact) mass is 254 g/mol. The molecule has 0 amide bonds. The zero-order valence-electron chi connectivity index (χ0n) is 12.2. The maximum Gasteiger partial charge on any atom is 0.118 e. The summed E-state index contributed by atoms with van der Waals surface area (Å²) in [4.78, 5) is 0. The number of aryl methyl sites for hydroxylation is 5. The van der Waals surface area contributed by atoms with Crippen molar-refractivity contribution in [2.45, 2.75) is 40.5 Å². The quantitative estimate of drug-likeness (QED) is 0.860. The molecule has 2 aromatic carbocycles. The molecule has 0 aromatic heterocycles. The molecule has 0 radical (unpaired) electrons. The summed E-state index contributed by atoms with van der Waals surface area (Å²) in [6, 6.07) is 10.3. The molecule has 2 aromatic rings. The highest BCUT2D eigenvalue weighted by Gasteiger charge is 2.06. The summed E-state index contributed by atoms with van der Waals surface area (Å²) >= 11 is 0. The van der Waals surface area contributed by atoms with Gasteiger partial charge in [-0.1, -0.05) is 35.4 Å². The second kappa shape index (κ2) is 5.48. The van der Waals surface area contributed by atoms with Crippen molar-refractivity contribution in [2.75, 3.05) is 0 Å². The Labute approximate surface area is 115 Å². The van der Waals surface area contributed by atoms with E-state index in [0.29, 0.717) is 5.75 Å². The Morgan fingerprint density at radius 3 is 2.16 bits per heavy atom. The predicted molar refractivity (Wildman–Crippen MR) is 80.9 cm³/mol. The van der Waals surface area contributed by atoms with E-state index in [9.17, 15) is 5.11 Å². The van der Waals surface area contributed by atoms with Crippen molar-refractivity contribution in [3.05, 3.63) is 63.7 Å². The van der Waals surface area contributed by atoms with E-state index in [0.717, 1.165) is 18.4 Å². The van der Waals surface area contributed by atoms with Crippen molar-refractivity contribution in [1.82, 2.24) is 0 Å². The molecule has 100 valence electrons. The zero-order valence-corrected chi connectivity index (χ0v) is 12.2. The molecular formula is C18H22O. The summed E-state index contributed by atoms with van der Waals surface area (Å²) in [5.41, 5.74) is 7.66. The lowest BCUT2D eigenvalue weighted by atomic mass is 9.95. The van der Waals surface area contributed by atoms with Gasteiger partial charge in [0.15, 0.2) is 0 Å². The van der Waals surface area contributed by atoms with Crippen molar-refractivity contribution in [3.63, 3.8) is 0 Å². The van der Waals surface area contributed by atoms with Gasteiger partial charge in [0.1, 0.15) is 5.75 Å². The summed E-state index contributed by atoms with van der Waals surface area (Å²) in [5, 5.41) is 9.89. The fourth-order valence-electron chi connectivity index (χ4n) is 2.57. The van der Waals surface area contributed by atoms with Crippen LogP contribution < -0.4 is 0 Å². The third kappa shape index (κ3) is 3.17. The van der Waals surface area contributed by atoms with E-state index in [4.69, 9.17) is 0 Å². The molecule has 0 aliphatic carbocycles. The zero-order chi connectivity index (χ0) is 14.0. The molecule has 0 atom stereocenters. The lowest BCUT2D eigenvalue weighted by Crippen LogP contribution is -1.98. The Kier molecular flexibility index (Phi) is 3.94. The van der Waals surface area contributed by atoms with Gasteiger partial charge in [-0.15, -0.1) is 0 Å². The van der Waals surface area contributed by atoms with Crippen LogP contribution in [0.3, 0.4) is 0 Å². The molecule has 0 fully saturated rings. The van der Waals surface area contributed by atoms with Crippen LogP contribution >= 0.6 is 0 Å². The number of rotatable bonds is 3. The van der Waals surface area contributed by atoms with Crippen LogP contribution in [0.15, 0.2) is 30.3 Å². The molecule has 1 heteroatoms. The van der Waals surface area contributed by atoms with E-state index < -0.39 is 0 Å². The first-order valence-corrected chi connectivity index (χ1v) is 6.82. The van der Waals surface area contributed by atoms with Crippen molar-refractivity contribution >= 4 is 0 Å². The van der Waals surface area contributed by atoms with E-state index >= 15 is 0 Å². The van der Waals surface area contributed by atoms with Crippen LogP contribution in [0, 0.1) is 27.7 Å². The van der Waals surface area contributed by atoms with Gasteiger partial charge in [0.25, 0.3) is 0 Å². The minimum absolute atomic E-state index is 0.410. The summed E-state index contributed by atoms with van der Waals surface area (Å²) in [6.45, 7) is 8.54. The molecule has 1 nitrogen and oxygen atoms in total. The van der Waals surface area contributed by atoms with Crippen molar-refractivity contribution in [3.8, 4) is 5.75 Å². The molecule has 1 N–H and O–H groups in total. The topological polar surface area (TPSA) is 20.2 Å². The smallest absolute Gasteiger partial charge is 0.118 e. The van der Waals surface area contributed by atoms with Gasteiger partial charge in [-0.3, -0.25) is 0 Å².